The number of ether oxygens (including phenoxy) is 1. The minimum Gasteiger partial charge on any atom is -0.448 e. The third-order valence-corrected chi connectivity index (χ3v) is 5.60. The Kier molecular flexibility index (Phi) is 8.08. The molecule has 2 aromatic rings. The van der Waals surface area contributed by atoms with Gasteiger partial charge < -0.3 is 14.5 Å². The van der Waals surface area contributed by atoms with Gasteiger partial charge in [-0.15, -0.1) is 0 Å². The lowest BCUT2D eigenvalue weighted by Gasteiger charge is -2.24. The Balaban J connectivity index is 1.51. The third kappa shape index (κ3) is 6.87. The van der Waals surface area contributed by atoms with Gasteiger partial charge in [0.1, 0.15) is 6.61 Å². The van der Waals surface area contributed by atoms with E-state index in [2.05, 4.69) is 48.2 Å². The van der Waals surface area contributed by atoms with Crippen molar-refractivity contribution in [3.05, 3.63) is 71.8 Å². The van der Waals surface area contributed by atoms with E-state index < -0.39 is 0 Å². The van der Waals surface area contributed by atoms with Crippen molar-refractivity contribution in [1.29, 1.82) is 0 Å². The van der Waals surface area contributed by atoms with Crippen LogP contribution in [0, 0.1) is 0 Å². The van der Waals surface area contributed by atoms with Crippen LogP contribution in [0.15, 0.2) is 60.7 Å². The lowest BCUT2D eigenvalue weighted by atomic mass is 10.1. The topological polar surface area (TPSA) is 36.0 Å². The summed E-state index contributed by atoms with van der Waals surface area (Å²) in [6, 6.07) is 21.0. The summed E-state index contributed by atoms with van der Waals surface area (Å²) in [5, 5.41) is 0. The molecule has 1 aliphatic rings. The zero-order valence-corrected chi connectivity index (χ0v) is 17.7. The van der Waals surface area contributed by atoms with Crippen LogP contribution in [0.3, 0.4) is 0 Å². The fraction of sp³-hybridized carbons (Fsp3) is 0.458. The maximum atomic E-state index is 12.8. The van der Waals surface area contributed by atoms with Gasteiger partial charge >= 0.3 is 6.09 Å². The summed E-state index contributed by atoms with van der Waals surface area (Å²) in [5.74, 6) is 0. The number of hydrogen-bond acceptors (Lipinski definition) is 4. The molecule has 0 aliphatic carbocycles. The average molecular weight is 396 g/mol. The molecule has 5 nitrogen and oxygen atoms in total. The molecule has 0 saturated carbocycles. The molecule has 29 heavy (non-hydrogen) atoms. The van der Waals surface area contributed by atoms with Crippen molar-refractivity contribution in [3.8, 4) is 0 Å². The summed E-state index contributed by atoms with van der Waals surface area (Å²) < 4.78 is 5.65. The minimum absolute atomic E-state index is 0.229. The summed E-state index contributed by atoms with van der Waals surface area (Å²) in [5.41, 5.74) is 2.34. The van der Waals surface area contributed by atoms with Crippen molar-refractivity contribution in [2.24, 2.45) is 0 Å². The Morgan fingerprint density at radius 1 is 1.03 bits per heavy atom. The molecule has 5 heteroatoms. The van der Waals surface area contributed by atoms with Gasteiger partial charge in [0.2, 0.25) is 0 Å². The predicted octanol–water partition coefficient (Wildman–Crippen LogP) is 3.50. The van der Waals surface area contributed by atoms with Crippen LogP contribution in [0.5, 0.6) is 0 Å². The van der Waals surface area contributed by atoms with Gasteiger partial charge in [0.25, 0.3) is 0 Å². The Morgan fingerprint density at radius 2 is 1.69 bits per heavy atom. The lowest BCUT2D eigenvalue weighted by molar-refractivity contribution is 0.0905. The van der Waals surface area contributed by atoms with Gasteiger partial charge in [-0.25, -0.2) is 4.79 Å². The summed E-state index contributed by atoms with van der Waals surface area (Å²) in [4.78, 5) is 19.3. The number of carbonyl (C=O) groups is 1. The molecule has 1 heterocycles. The highest BCUT2D eigenvalue weighted by molar-refractivity contribution is 5.67. The van der Waals surface area contributed by atoms with E-state index in [4.69, 9.17) is 4.74 Å². The largest absolute Gasteiger partial charge is 0.448 e. The van der Waals surface area contributed by atoms with Gasteiger partial charge in [-0.3, -0.25) is 4.90 Å². The van der Waals surface area contributed by atoms with Crippen molar-refractivity contribution in [2.75, 3.05) is 46.9 Å². The number of carbonyl (C=O) groups excluding carboxylic acids is 1. The number of likely N-dealkylation sites (tertiary alicyclic amines) is 1. The maximum absolute atomic E-state index is 12.8. The van der Waals surface area contributed by atoms with Crippen molar-refractivity contribution < 1.29 is 9.53 Å². The second kappa shape index (κ2) is 11.0. The van der Waals surface area contributed by atoms with Crippen LogP contribution in [0.1, 0.15) is 17.5 Å². The van der Waals surface area contributed by atoms with Crippen LogP contribution >= 0.6 is 0 Å². The van der Waals surface area contributed by atoms with Gasteiger partial charge in [-0.05, 0) is 44.6 Å². The first-order chi connectivity index (χ1) is 14.1. The number of nitrogens with zero attached hydrogens (tertiary/aromatic N) is 3. The Hall–Kier alpha value is -2.37. The van der Waals surface area contributed by atoms with E-state index in [0.29, 0.717) is 25.7 Å². The quantitative estimate of drug-likeness (QED) is 0.651. The first-order valence-corrected chi connectivity index (χ1v) is 10.5. The molecule has 0 aromatic heterocycles. The van der Waals surface area contributed by atoms with Crippen LogP contribution in [-0.4, -0.2) is 73.7 Å². The minimum atomic E-state index is -0.229. The normalized spacial score (nSPS) is 16.9. The van der Waals surface area contributed by atoms with E-state index in [-0.39, 0.29) is 6.09 Å². The predicted molar refractivity (Wildman–Crippen MR) is 117 cm³/mol. The molecular weight excluding hydrogens is 362 g/mol. The standard InChI is InChI=1S/C24H33N3O2/c1-25(2)23-14-15-26(20-23)17-18-29-24(28)27(19-22-11-7-4-8-12-22)16-13-21-9-5-3-6-10-21/h3-12,23H,13-20H2,1-2H3/t23-/m1/s1. The molecule has 0 N–H and O–H groups in total. The molecule has 3 rings (SSSR count). The SMILES string of the molecule is CN(C)[C@@H]1CCN(CCOC(=O)N(CCc2ccccc2)Cc2ccccc2)C1. The first kappa shape index (κ1) is 21.3. The second-order valence-corrected chi connectivity index (χ2v) is 7.96. The summed E-state index contributed by atoms with van der Waals surface area (Å²) in [6.07, 6.45) is 1.77. The van der Waals surface area contributed by atoms with Crippen LogP contribution in [0.25, 0.3) is 0 Å². The van der Waals surface area contributed by atoms with Gasteiger partial charge in [-0.1, -0.05) is 60.7 Å². The Labute approximate surface area is 174 Å². The number of hydrogen-bond donors (Lipinski definition) is 0. The molecule has 0 spiro atoms. The number of likely N-dealkylation sites (N-methyl/N-ethyl adjacent to an activating group) is 1. The van der Waals surface area contributed by atoms with Gasteiger partial charge in [0.15, 0.2) is 0 Å². The molecule has 156 valence electrons. The van der Waals surface area contributed by atoms with E-state index in [1.165, 1.54) is 12.0 Å². The molecule has 2 aromatic carbocycles. The molecule has 1 atom stereocenters. The second-order valence-electron chi connectivity index (χ2n) is 7.96. The highest BCUT2D eigenvalue weighted by Gasteiger charge is 2.24. The van der Waals surface area contributed by atoms with Crippen LogP contribution < -0.4 is 0 Å². The first-order valence-electron chi connectivity index (χ1n) is 10.5. The fourth-order valence-electron chi connectivity index (χ4n) is 3.74. The van der Waals surface area contributed by atoms with E-state index in [0.717, 1.165) is 31.6 Å². The molecule has 1 saturated heterocycles. The zero-order valence-electron chi connectivity index (χ0n) is 17.7. The molecule has 1 amide bonds. The van der Waals surface area contributed by atoms with E-state index in [1.54, 1.807) is 0 Å². The summed E-state index contributed by atoms with van der Waals surface area (Å²) in [6.45, 7) is 4.57. The number of rotatable bonds is 9. The third-order valence-electron chi connectivity index (χ3n) is 5.60. The maximum Gasteiger partial charge on any atom is 0.410 e. The van der Waals surface area contributed by atoms with Crippen molar-refractivity contribution in [1.82, 2.24) is 14.7 Å². The van der Waals surface area contributed by atoms with Crippen molar-refractivity contribution in [3.63, 3.8) is 0 Å². The zero-order chi connectivity index (χ0) is 20.5. The van der Waals surface area contributed by atoms with Crippen molar-refractivity contribution >= 4 is 6.09 Å². The van der Waals surface area contributed by atoms with Crippen molar-refractivity contribution in [2.45, 2.75) is 25.4 Å². The Morgan fingerprint density at radius 3 is 2.31 bits per heavy atom. The van der Waals surface area contributed by atoms with Gasteiger partial charge in [0.05, 0.1) is 0 Å². The summed E-state index contributed by atoms with van der Waals surface area (Å²) in [7, 11) is 4.25. The van der Waals surface area contributed by atoms with Crippen LogP contribution in [0.2, 0.25) is 0 Å². The van der Waals surface area contributed by atoms with Crippen LogP contribution in [0.4, 0.5) is 4.79 Å². The smallest absolute Gasteiger partial charge is 0.410 e. The highest BCUT2D eigenvalue weighted by Crippen LogP contribution is 2.13. The summed E-state index contributed by atoms with van der Waals surface area (Å²) >= 11 is 0. The van der Waals surface area contributed by atoms with Crippen LogP contribution in [-0.2, 0) is 17.7 Å². The van der Waals surface area contributed by atoms with Gasteiger partial charge in [-0.2, -0.15) is 0 Å². The molecule has 1 fully saturated rings. The molecular formula is C24H33N3O2. The fourth-order valence-corrected chi connectivity index (χ4v) is 3.74. The average Bonchev–Trinajstić information content (AvgIpc) is 3.22. The van der Waals surface area contributed by atoms with E-state index in [9.17, 15) is 4.79 Å². The number of amides is 1. The molecule has 0 radical (unpaired) electrons. The van der Waals surface area contributed by atoms with Gasteiger partial charge in [0, 0.05) is 32.2 Å². The molecule has 0 unspecified atom stereocenters. The monoisotopic (exact) mass is 395 g/mol. The van der Waals surface area contributed by atoms with E-state index in [1.807, 2.05) is 41.3 Å². The molecule has 0 bridgehead atoms. The Bertz CT molecular complexity index is 736. The molecule has 1 aliphatic heterocycles. The van der Waals surface area contributed by atoms with E-state index >= 15 is 0 Å². The lowest BCUT2D eigenvalue weighted by Crippen LogP contribution is -2.36. The number of benzene rings is 2. The highest BCUT2D eigenvalue weighted by atomic mass is 16.6.